The summed E-state index contributed by atoms with van der Waals surface area (Å²) >= 11 is 0. The Morgan fingerprint density at radius 2 is 1.91 bits per heavy atom. The smallest absolute Gasteiger partial charge is 0.257 e. The Labute approximate surface area is 269 Å². The maximum atomic E-state index is 14.2. The number of ether oxygens (including phenoxy) is 1. The van der Waals surface area contributed by atoms with Crippen LogP contribution in [-0.2, 0) is 28.1 Å². The number of fused-ring (bicyclic) bond motifs is 2. The molecule has 0 radical (unpaired) electrons. The van der Waals surface area contributed by atoms with E-state index in [-0.39, 0.29) is 42.1 Å². The van der Waals surface area contributed by atoms with Gasteiger partial charge in [0.15, 0.2) is 5.76 Å². The summed E-state index contributed by atoms with van der Waals surface area (Å²) in [6.07, 6.45) is 4.24. The van der Waals surface area contributed by atoms with Crippen LogP contribution in [0.4, 0.5) is 0 Å². The van der Waals surface area contributed by atoms with Crippen molar-refractivity contribution in [1.29, 1.82) is 0 Å². The number of aryl methyl sites for hydroxylation is 1. The minimum Gasteiger partial charge on any atom is -0.497 e. The molecule has 2 fully saturated rings. The van der Waals surface area contributed by atoms with E-state index < -0.39 is 11.6 Å². The molecule has 246 valence electrons. The largest absolute Gasteiger partial charge is 0.497 e. The van der Waals surface area contributed by atoms with Crippen molar-refractivity contribution < 1.29 is 23.6 Å². The third-order valence-electron chi connectivity index (χ3n) is 9.66. The van der Waals surface area contributed by atoms with Gasteiger partial charge in [-0.2, -0.15) is 0 Å². The fourth-order valence-electron chi connectivity index (χ4n) is 6.85. The first-order valence-electron chi connectivity index (χ1n) is 16.1. The Balaban J connectivity index is 1.26. The van der Waals surface area contributed by atoms with Crippen molar-refractivity contribution in [1.82, 2.24) is 40.6 Å². The van der Waals surface area contributed by atoms with Crippen LogP contribution in [0.3, 0.4) is 0 Å². The maximum Gasteiger partial charge on any atom is 0.257 e. The lowest BCUT2D eigenvalue weighted by molar-refractivity contribution is -0.145. The van der Waals surface area contributed by atoms with Crippen LogP contribution in [0.1, 0.15) is 92.0 Å². The van der Waals surface area contributed by atoms with E-state index in [1.807, 2.05) is 29.1 Å². The van der Waals surface area contributed by atoms with Gasteiger partial charge in [-0.15, -0.1) is 5.10 Å². The normalized spacial score (nSPS) is 22.7. The van der Waals surface area contributed by atoms with Gasteiger partial charge in [-0.05, 0) is 50.3 Å². The number of piperidine rings is 2. The Morgan fingerprint density at radius 3 is 2.63 bits per heavy atom. The molecule has 0 unspecified atom stereocenters. The zero-order valence-electron chi connectivity index (χ0n) is 27.3. The molecule has 46 heavy (non-hydrogen) atoms. The lowest BCUT2D eigenvalue weighted by Gasteiger charge is -2.45. The molecule has 13 heteroatoms. The molecular formula is C33H44N8O5. The maximum absolute atomic E-state index is 14.2. The SMILES string of the molecule is COc1cccc(CN2CCC3(CC2)CC(=O)N2CC[C@@H](n4cc(C(C)(C)C)nn4)C[C@H]2C(=O)NCc2onc(C)c2C(=O)N3)c1. The minimum absolute atomic E-state index is 0.00949. The van der Waals surface area contributed by atoms with Crippen LogP contribution in [0.5, 0.6) is 5.75 Å². The van der Waals surface area contributed by atoms with Crippen LogP contribution in [0.2, 0.25) is 0 Å². The summed E-state index contributed by atoms with van der Waals surface area (Å²) in [5.74, 6) is 0.331. The molecule has 3 aliphatic heterocycles. The molecule has 6 rings (SSSR count). The van der Waals surface area contributed by atoms with E-state index in [0.29, 0.717) is 62.3 Å². The third kappa shape index (κ3) is 6.51. The van der Waals surface area contributed by atoms with Crippen molar-refractivity contribution in [2.24, 2.45) is 0 Å². The summed E-state index contributed by atoms with van der Waals surface area (Å²) in [5, 5.41) is 19.0. The van der Waals surface area contributed by atoms with E-state index in [0.717, 1.165) is 23.6 Å². The topological polar surface area (TPSA) is 148 Å². The highest BCUT2D eigenvalue weighted by Crippen LogP contribution is 2.34. The number of benzene rings is 1. The Hall–Kier alpha value is -4.26. The number of carbonyl (C=O) groups is 3. The highest BCUT2D eigenvalue weighted by molar-refractivity contribution is 5.97. The summed E-state index contributed by atoms with van der Waals surface area (Å²) in [4.78, 5) is 45.7. The first kappa shape index (κ1) is 31.7. The van der Waals surface area contributed by atoms with Crippen LogP contribution < -0.4 is 15.4 Å². The molecule has 1 spiro atoms. The number of methoxy groups -OCH3 is 1. The van der Waals surface area contributed by atoms with E-state index >= 15 is 0 Å². The van der Waals surface area contributed by atoms with Gasteiger partial charge in [0.25, 0.3) is 5.91 Å². The molecule has 2 N–H and O–H groups in total. The van der Waals surface area contributed by atoms with Crippen LogP contribution in [-0.4, -0.2) is 86.0 Å². The Bertz CT molecular complexity index is 1600. The van der Waals surface area contributed by atoms with Crippen LogP contribution in [0.15, 0.2) is 35.0 Å². The molecule has 3 aromatic rings. The molecule has 1 aromatic carbocycles. The van der Waals surface area contributed by atoms with Gasteiger partial charge in [-0.3, -0.25) is 19.3 Å². The van der Waals surface area contributed by atoms with Gasteiger partial charge < -0.3 is 24.8 Å². The van der Waals surface area contributed by atoms with Gasteiger partial charge in [-0.1, -0.05) is 43.3 Å². The number of amides is 3. The molecule has 2 aromatic heterocycles. The molecular weight excluding hydrogens is 588 g/mol. The molecule has 3 aliphatic rings. The Kier molecular flexibility index (Phi) is 8.62. The molecule has 0 aliphatic carbocycles. The number of nitrogens with zero attached hydrogens (tertiary/aromatic N) is 6. The average molecular weight is 633 g/mol. The highest BCUT2D eigenvalue weighted by Gasteiger charge is 2.44. The average Bonchev–Trinajstić information content (AvgIpc) is 3.68. The molecule has 0 saturated carbocycles. The van der Waals surface area contributed by atoms with Gasteiger partial charge in [-0.25, -0.2) is 4.68 Å². The molecule has 3 amide bonds. The van der Waals surface area contributed by atoms with Crippen LogP contribution >= 0.6 is 0 Å². The fourth-order valence-corrected chi connectivity index (χ4v) is 6.85. The number of nitrogens with one attached hydrogen (secondary N) is 2. The number of hydrogen-bond acceptors (Lipinski definition) is 9. The quantitative estimate of drug-likeness (QED) is 0.443. The lowest BCUT2D eigenvalue weighted by Crippen LogP contribution is -2.60. The standard InChI is InChI=1S/C33H44N8O5/c1-21-29-26(46-37-21)18-34-30(43)25-16-23(41-20-27(36-38-41)32(2,3)4)9-12-40(25)28(42)17-33(35-31(29)44)10-13-39(14-11-33)19-22-7-6-8-24(15-22)45-5/h6-8,15,20,23,25H,9-14,16-19H2,1-5H3,(H,34,43)(H,35,44)/t23-,25+/m1/s1. The summed E-state index contributed by atoms with van der Waals surface area (Å²) in [7, 11) is 1.66. The van der Waals surface area contributed by atoms with Gasteiger partial charge in [0, 0.05) is 37.8 Å². The Morgan fingerprint density at radius 1 is 1.13 bits per heavy atom. The van der Waals surface area contributed by atoms with Crippen LogP contribution in [0, 0.1) is 6.92 Å². The minimum atomic E-state index is -0.787. The number of hydrogen-bond donors (Lipinski definition) is 2. The summed E-state index contributed by atoms with van der Waals surface area (Å²) in [6, 6.07) is 7.20. The van der Waals surface area contributed by atoms with Crippen molar-refractivity contribution in [3.8, 4) is 5.75 Å². The number of rotatable bonds is 4. The van der Waals surface area contributed by atoms with Gasteiger partial charge in [0.1, 0.15) is 17.4 Å². The predicted molar refractivity (Wildman–Crippen MR) is 168 cm³/mol. The zero-order valence-corrected chi connectivity index (χ0v) is 27.3. The second-order valence-corrected chi connectivity index (χ2v) is 13.9. The van der Waals surface area contributed by atoms with E-state index in [1.54, 1.807) is 18.9 Å². The zero-order chi connectivity index (χ0) is 32.6. The first-order chi connectivity index (χ1) is 21.9. The summed E-state index contributed by atoms with van der Waals surface area (Å²) in [6.45, 7) is 10.5. The molecule has 2 atom stereocenters. The second kappa shape index (κ2) is 12.5. The molecule has 5 heterocycles. The van der Waals surface area contributed by atoms with Crippen LogP contribution in [0.25, 0.3) is 0 Å². The van der Waals surface area contributed by atoms with E-state index in [9.17, 15) is 14.4 Å². The van der Waals surface area contributed by atoms with Gasteiger partial charge in [0.05, 0.1) is 43.0 Å². The van der Waals surface area contributed by atoms with Crippen molar-refractivity contribution in [2.45, 2.75) is 95.9 Å². The molecule has 0 bridgehead atoms. The van der Waals surface area contributed by atoms with Gasteiger partial charge >= 0.3 is 0 Å². The summed E-state index contributed by atoms with van der Waals surface area (Å²) in [5.41, 5.74) is 1.81. The summed E-state index contributed by atoms with van der Waals surface area (Å²) < 4.78 is 12.8. The van der Waals surface area contributed by atoms with E-state index in [2.05, 4.69) is 57.8 Å². The number of carbonyl (C=O) groups excluding carboxylic acids is 3. The number of likely N-dealkylation sites (tertiary alicyclic amines) is 1. The van der Waals surface area contributed by atoms with Crippen molar-refractivity contribution in [2.75, 3.05) is 26.7 Å². The lowest BCUT2D eigenvalue weighted by atomic mass is 9.82. The monoisotopic (exact) mass is 632 g/mol. The van der Waals surface area contributed by atoms with Crippen molar-refractivity contribution >= 4 is 17.7 Å². The van der Waals surface area contributed by atoms with Crippen molar-refractivity contribution in [3.05, 3.63) is 58.7 Å². The highest BCUT2D eigenvalue weighted by atomic mass is 16.5. The number of aromatic nitrogens is 4. The van der Waals surface area contributed by atoms with E-state index in [4.69, 9.17) is 9.26 Å². The van der Waals surface area contributed by atoms with Crippen molar-refractivity contribution in [3.63, 3.8) is 0 Å². The third-order valence-corrected chi connectivity index (χ3v) is 9.66. The van der Waals surface area contributed by atoms with Gasteiger partial charge in [0.2, 0.25) is 11.8 Å². The molecule has 2 saturated heterocycles. The second-order valence-electron chi connectivity index (χ2n) is 13.9. The fraction of sp³-hybridized carbons (Fsp3) is 0.576. The predicted octanol–water partition coefficient (Wildman–Crippen LogP) is 2.90. The van der Waals surface area contributed by atoms with E-state index in [1.165, 1.54) is 0 Å². The molecule has 13 nitrogen and oxygen atoms in total. The first-order valence-corrected chi connectivity index (χ1v) is 16.1.